The summed E-state index contributed by atoms with van der Waals surface area (Å²) in [6.45, 7) is 2.86. The van der Waals surface area contributed by atoms with Crippen molar-refractivity contribution in [3.63, 3.8) is 0 Å². The van der Waals surface area contributed by atoms with E-state index in [9.17, 15) is 4.79 Å². The Kier molecular flexibility index (Phi) is 4.29. The van der Waals surface area contributed by atoms with Crippen LogP contribution in [-0.4, -0.2) is 32.2 Å². The van der Waals surface area contributed by atoms with Crippen LogP contribution in [0.1, 0.15) is 28.8 Å². The minimum Gasteiger partial charge on any atom is -0.465 e. The first-order chi connectivity index (χ1) is 14.0. The van der Waals surface area contributed by atoms with Crippen molar-refractivity contribution >= 4 is 45.7 Å². The fourth-order valence-electron chi connectivity index (χ4n) is 3.79. The van der Waals surface area contributed by atoms with E-state index in [0.29, 0.717) is 21.7 Å². The van der Waals surface area contributed by atoms with Crippen LogP contribution in [0.2, 0.25) is 10.2 Å². The van der Waals surface area contributed by atoms with E-state index in [-0.39, 0.29) is 0 Å². The molecule has 4 heterocycles. The lowest BCUT2D eigenvalue weighted by atomic mass is 10.1. The number of nitrogens with zero attached hydrogens (tertiary/aromatic N) is 4. The third kappa shape index (κ3) is 3.07. The van der Waals surface area contributed by atoms with Gasteiger partial charge < -0.3 is 9.30 Å². The van der Waals surface area contributed by atoms with E-state index in [2.05, 4.69) is 15.6 Å². The molecule has 148 valence electrons. The Hall–Kier alpha value is -2.57. The Morgan fingerprint density at radius 1 is 1.28 bits per heavy atom. The fraction of sp³-hybridized carbons (Fsp3) is 0.286. The van der Waals surface area contributed by atoms with Crippen LogP contribution in [0.15, 0.2) is 30.5 Å². The van der Waals surface area contributed by atoms with Crippen molar-refractivity contribution in [2.24, 2.45) is 5.92 Å². The first kappa shape index (κ1) is 18.5. The second-order valence-electron chi connectivity index (χ2n) is 7.47. The van der Waals surface area contributed by atoms with Crippen molar-refractivity contribution in [1.29, 1.82) is 0 Å². The van der Waals surface area contributed by atoms with Crippen LogP contribution in [0.5, 0.6) is 0 Å². The number of rotatable bonds is 4. The summed E-state index contributed by atoms with van der Waals surface area (Å²) >= 11 is 12.7. The number of fused-ring (bicyclic) bond motifs is 2. The summed E-state index contributed by atoms with van der Waals surface area (Å²) in [6.07, 6.45) is 4.09. The smallest absolute Gasteiger partial charge is 0.339 e. The van der Waals surface area contributed by atoms with Crippen LogP contribution in [-0.2, 0) is 11.3 Å². The molecule has 0 atom stereocenters. The molecule has 0 unspecified atom stereocenters. The van der Waals surface area contributed by atoms with E-state index in [4.69, 9.17) is 33.0 Å². The molecule has 4 aromatic heterocycles. The number of aryl methyl sites for hydroxylation is 1. The van der Waals surface area contributed by atoms with Gasteiger partial charge in [0, 0.05) is 23.7 Å². The van der Waals surface area contributed by atoms with Gasteiger partial charge in [0.25, 0.3) is 0 Å². The molecule has 0 amide bonds. The average Bonchev–Trinajstić information content (AvgIpc) is 3.37. The Balaban J connectivity index is 1.75. The number of aromatic nitrogens is 4. The molecule has 5 rings (SSSR count). The third-order valence-corrected chi connectivity index (χ3v) is 5.93. The molecule has 29 heavy (non-hydrogen) atoms. The summed E-state index contributed by atoms with van der Waals surface area (Å²) < 4.78 is 8.67. The lowest BCUT2D eigenvalue weighted by Crippen LogP contribution is -2.04. The SMILES string of the molecule is COC(=O)c1cc(Cl)c2c(C)c(-c3cc4ccc(Cl)nc4n3CC3CC3)nn2c1. The molecule has 0 radical (unpaired) electrons. The van der Waals surface area contributed by atoms with Gasteiger partial charge in [-0.2, -0.15) is 5.10 Å². The van der Waals surface area contributed by atoms with E-state index in [0.717, 1.165) is 40.0 Å². The van der Waals surface area contributed by atoms with Crippen molar-refractivity contribution < 1.29 is 9.53 Å². The van der Waals surface area contributed by atoms with E-state index in [1.807, 2.05) is 13.0 Å². The number of esters is 1. The quantitative estimate of drug-likeness (QED) is 0.332. The highest BCUT2D eigenvalue weighted by atomic mass is 35.5. The van der Waals surface area contributed by atoms with Gasteiger partial charge in [-0.25, -0.2) is 14.3 Å². The van der Waals surface area contributed by atoms with Crippen LogP contribution in [0, 0.1) is 12.8 Å². The second-order valence-corrected chi connectivity index (χ2v) is 8.26. The van der Waals surface area contributed by atoms with Crippen LogP contribution >= 0.6 is 23.2 Å². The van der Waals surface area contributed by atoms with Gasteiger partial charge in [-0.1, -0.05) is 23.2 Å². The van der Waals surface area contributed by atoms with E-state index >= 15 is 0 Å². The predicted octanol–water partition coefficient (Wildman–Crippen LogP) is 5.16. The van der Waals surface area contributed by atoms with Gasteiger partial charge in [0.05, 0.1) is 28.9 Å². The Morgan fingerprint density at radius 2 is 2.07 bits per heavy atom. The lowest BCUT2D eigenvalue weighted by molar-refractivity contribution is 0.0600. The molecule has 6 nitrogen and oxygen atoms in total. The van der Waals surface area contributed by atoms with E-state index in [1.54, 1.807) is 22.8 Å². The fourth-order valence-corrected chi connectivity index (χ4v) is 4.28. The summed E-state index contributed by atoms with van der Waals surface area (Å²) in [6, 6.07) is 7.48. The zero-order chi connectivity index (χ0) is 20.3. The number of ether oxygens (including phenoxy) is 1. The van der Waals surface area contributed by atoms with Crippen molar-refractivity contribution in [3.8, 4) is 11.4 Å². The highest BCUT2D eigenvalue weighted by molar-refractivity contribution is 6.34. The van der Waals surface area contributed by atoms with Crippen LogP contribution < -0.4 is 0 Å². The molecule has 0 aliphatic heterocycles. The number of halogens is 2. The predicted molar refractivity (Wildman–Crippen MR) is 113 cm³/mol. The Morgan fingerprint density at radius 3 is 2.79 bits per heavy atom. The molecule has 1 saturated carbocycles. The number of methoxy groups -OCH3 is 1. The van der Waals surface area contributed by atoms with Crippen molar-refractivity contribution in [1.82, 2.24) is 19.2 Å². The normalized spacial score (nSPS) is 14.1. The largest absolute Gasteiger partial charge is 0.465 e. The van der Waals surface area contributed by atoms with Crippen LogP contribution in [0.4, 0.5) is 0 Å². The van der Waals surface area contributed by atoms with Crippen molar-refractivity contribution in [3.05, 3.63) is 51.8 Å². The zero-order valence-corrected chi connectivity index (χ0v) is 17.5. The van der Waals surface area contributed by atoms with Gasteiger partial charge in [0.15, 0.2) is 0 Å². The van der Waals surface area contributed by atoms with Crippen LogP contribution in [0.25, 0.3) is 27.9 Å². The van der Waals surface area contributed by atoms with E-state index < -0.39 is 5.97 Å². The van der Waals surface area contributed by atoms with Gasteiger partial charge in [-0.05, 0) is 49.9 Å². The number of hydrogen-bond donors (Lipinski definition) is 0. The Labute approximate surface area is 177 Å². The molecule has 1 fully saturated rings. The molecule has 4 aromatic rings. The van der Waals surface area contributed by atoms with Gasteiger partial charge in [-0.15, -0.1) is 0 Å². The van der Waals surface area contributed by atoms with E-state index in [1.165, 1.54) is 20.0 Å². The zero-order valence-electron chi connectivity index (χ0n) is 15.9. The maximum atomic E-state index is 12.0. The molecule has 0 bridgehead atoms. The molecule has 1 aliphatic carbocycles. The summed E-state index contributed by atoms with van der Waals surface area (Å²) in [5.41, 5.74) is 4.70. The molecule has 0 saturated heterocycles. The first-order valence-electron chi connectivity index (χ1n) is 9.39. The van der Waals surface area contributed by atoms with Crippen molar-refractivity contribution in [2.75, 3.05) is 7.11 Å². The minimum absolute atomic E-state index is 0.353. The van der Waals surface area contributed by atoms with Gasteiger partial charge in [0.2, 0.25) is 0 Å². The molecule has 0 aromatic carbocycles. The summed E-state index contributed by atoms with van der Waals surface area (Å²) in [4.78, 5) is 16.5. The number of carbonyl (C=O) groups is 1. The van der Waals surface area contributed by atoms with Gasteiger partial charge in [0.1, 0.15) is 16.5 Å². The lowest BCUT2D eigenvalue weighted by Gasteiger charge is -2.08. The topological polar surface area (TPSA) is 61.4 Å². The Bertz CT molecular complexity index is 1290. The second kappa shape index (κ2) is 6.75. The number of carbonyl (C=O) groups excluding carboxylic acids is 1. The minimum atomic E-state index is -0.454. The number of pyridine rings is 2. The summed E-state index contributed by atoms with van der Waals surface area (Å²) in [5, 5.41) is 6.71. The number of hydrogen-bond acceptors (Lipinski definition) is 4. The highest BCUT2D eigenvalue weighted by Crippen LogP contribution is 2.37. The van der Waals surface area contributed by atoms with Crippen LogP contribution in [0.3, 0.4) is 0 Å². The summed E-state index contributed by atoms with van der Waals surface area (Å²) in [7, 11) is 1.34. The third-order valence-electron chi connectivity index (χ3n) is 5.43. The molecule has 8 heteroatoms. The molecule has 0 spiro atoms. The van der Waals surface area contributed by atoms with Gasteiger partial charge >= 0.3 is 5.97 Å². The summed E-state index contributed by atoms with van der Waals surface area (Å²) in [5.74, 6) is 0.196. The van der Waals surface area contributed by atoms with Crippen molar-refractivity contribution in [2.45, 2.75) is 26.3 Å². The maximum absolute atomic E-state index is 12.0. The molecular formula is C21H18Cl2N4O2. The average molecular weight is 429 g/mol. The molecule has 1 aliphatic rings. The maximum Gasteiger partial charge on any atom is 0.339 e. The van der Waals surface area contributed by atoms with Gasteiger partial charge in [-0.3, -0.25) is 0 Å². The first-order valence-corrected chi connectivity index (χ1v) is 10.1. The molecular weight excluding hydrogens is 411 g/mol. The standard InChI is InChI=1S/C21H18Cl2N4O2/c1-11-18(25-27-10-14(21(28)29-2)7-15(22)19(11)27)16-8-13-5-6-17(23)24-20(13)26(16)9-12-3-4-12/h5-8,10,12H,3-4,9H2,1-2H3. The molecule has 0 N–H and O–H groups in total. The highest BCUT2D eigenvalue weighted by Gasteiger charge is 2.26. The monoisotopic (exact) mass is 428 g/mol.